The fourth-order valence-electron chi connectivity index (χ4n) is 9.38. The molecular weight excluding hydrogens is 985 g/mol. The van der Waals surface area contributed by atoms with Gasteiger partial charge in [0.1, 0.15) is 0 Å². The van der Waals surface area contributed by atoms with E-state index in [0.29, 0.717) is 80.0 Å². The molecule has 2 aliphatic heterocycles. The van der Waals surface area contributed by atoms with E-state index in [0.717, 1.165) is 40.8 Å². The Bertz CT molecular complexity index is 2750. The Morgan fingerprint density at radius 1 is 0.690 bits per heavy atom. The second kappa shape index (κ2) is 24.5. The first kappa shape index (κ1) is 56.0. The van der Waals surface area contributed by atoms with Gasteiger partial charge >= 0.3 is 33.8 Å². The molecule has 4 heterocycles. The van der Waals surface area contributed by atoms with E-state index in [1.807, 2.05) is 31.3 Å². The van der Waals surface area contributed by atoms with Gasteiger partial charge in [-0.3, -0.25) is 9.97 Å². The van der Waals surface area contributed by atoms with Crippen LogP contribution in [-0.2, 0) is 33.3 Å². The Hall–Kier alpha value is -5.91. The zero-order valence-corrected chi connectivity index (χ0v) is 40.4. The normalized spacial score (nSPS) is 17.9. The Morgan fingerprint density at radius 2 is 1.14 bits per heavy atom. The highest BCUT2D eigenvalue weighted by Crippen LogP contribution is 2.47. The number of rotatable bonds is 9. The topological polar surface area (TPSA) is 155 Å². The Morgan fingerprint density at radius 3 is 1.61 bits per heavy atom. The molecule has 71 heavy (non-hydrogen) atoms. The lowest BCUT2D eigenvalue weighted by Crippen LogP contribution is -2.40. The minimum atomic E-state index is -5.93. The molecule has 13 nitrogen and oxygen atoms in total. The molecule has 382 valence electrons. The number of pyridine rings is 2. The maximum Gasteiger partial charge on any atom is 0.534 e. The predicted octanol–water partition coefficient (Wildman–Crippen LogP) is 12.4. The van der Waals surface area contributed by atoms with Crippen LogP contribution in [0.4, 0.5) is 22.8 Å². The molecule has 2 saturated heterocycles. The van der Waals surface area contributed by atoms with Crippen molar-refractivity contribution in [3.63, 3.8) is 0 Å². The van der Waals surface area contributed by atoms with E-state index in [-0.39, 0.29) is 55.9 Å². The van der Waals surface area contributed by atoms with Crippen molar-refractivity contribution in [2.24, 2.45) is 11.8 Å². The van der Waals surface area contributed by atoms with Gasteiger partial charge < -0.3 is 28.2 Å². The van der Waals surface area contributed by atoms with Gasteiger partial charge in [-0.05, 0) is 141 Å². The average molecular weight is 1040 g/mol. The number of hydrogen-bond acceptors (Lipinski definition) is 11. The number of fused-ring (bicyclic) bond motifs is 4. The van der Waals surface area contributed by atoms with Gasteiger partial charge in [0.15, 0.2) is 5.76 Å². The number of carbonyl (C=O) groups is 3. The van der Waals surface area contributed by atoms with E-state index in [9.17, 15) is 36.0 Å². The standard InChI is InChI=1S/C27H29ClN2O4.C23H22ClF3N2O5S.2CH4/c1-3-33-24(31)10-7-19-16-20-6-5-13-29-26(20)25(22-9-8-21(28)17-23(19)22)18-11-14-30(15-12-18)27(32)34-4-2;1-2-33-22(30)29-10-7-14(8-11-29)20-17-6-5-16(24)13-18(17)19(34-35(31,32)23(25,26)27)12-15-4-3-9-28-21(15)20;;/h5-10,13,16-18,25H,3-4,11-12,14-15H2,1-2H3;3-6,9,12-14,20H,2,7-8,10-11H2,1H3;2*1H4/b10-7+;;;. The summed E-state index contributed by atoms with van der Waals surface area (Å²) in [6, 6.07) is 17.8. The van der Waals surface area contributed by atoms with Crippen LogP contribution in [0, 0.1) is 11.8 Å². The Balaban J connectivity index is 0.000000257. The van der Waals surface area contributed by atoms with Crippen molar-refractivity contribution >= 4 is 75.0 Å². The van der Waals surface area contributed by atoms with Gasteiger partial charge in [-0.2, -0.15) is 21.6 Å². The third-order valence-corrected chi connectivity index (χ3v) is 13.9. The van der Waals surface area contributed by atoms with Crippen molar-refractivity contribution in [3.8, 4) is 0 Å². The number of nitrogens with zero attached hydrogens (tertiary/aromatic N) is 4. The van der Waals surface area contributed by atoms with Gasteiger partial charge in [0, 0.05) is 77.7 Å². The molecule has 4 aliphatic rings. The number of alkyl halides is 3. The Kier molecular flexibility index (Phi) is 19.3. The molecular formula is C52H59Cl2F3N4O9S. The summed E-state index contributed by atoms with van der Waals surface area (Å²) in [5, 5.41) is 0.835. The number of piperidine rings is 2. The van der Waals surface area contributed by atoms with Crippen LogP contribution in [0.15, 0.2) is 85.2 Å². The molecule has 0 saturated carbocycles. The summed E-state index contributed by atoms with van der Waals surface area (Å²) in [5.41, 5.74) is 1.09. The monoisotopic (exact) mass is 1040 g/mol. The van der Waals surface area contributed by atoms with E-state index in [2.05, 4.69) is 27.4 Å². The zero-order valence-electron chi connectivity index (χ0n) is 38.1. The van der Waals surface area contributed by atoms with Crippen molar-refractivity contribution in [2.75, 3.05) is 46.0 Å². The van der Waals surface area contributed by atoms with Gasteiger partial charge in [-0.1, -0.05) is 62.3 Å². The second-order valence-corrected chi connectivity index (χ2v) is 19.0. The average Bonchev–Trinajstić information content (AvgIpc) is 3.54. The van der Waals surface area contributed by atoms with Crippen molar-refractivity contribution < 1.29 is 54.4 Å². The van der Waals surface area contributed by atoms with E-state index < -0.39 is 33.4 Å². The third-order valence-electron chi connectivity index (χ3n) is 12.4. The van der Waals surface area contributed by atoms with Crippen LogP contribution in [0.1, 0.15) is 118 Å². The zero-order chi connectivity index (χ0) is 49.5. The van der Waals surface area contributed by atoms with Crippen molar-refractivity contribution in [1.29, 1.82) is 0 Å². The van der Waals surface area contributed by atoms with E-state index in [4.69, 9.17) is 42.4 Å². The molecule has 0 N–H and O–H groups in total. The van der Waals surface area contributed by atoms with Crippen LogP contribution in [0.2, 0.25) is 10.0 Å². The predicted molar refractivity (Wildman–Crippen MR) is 269 cm³/mol. The minimum Gasteiger partial charge on any atom is -0.463 e. The number of halogens is 5. The lowest BCUT2D eigenvalue weighted by atomic mass is 9.76. The molecule has 2 aromatic carbocycles. The smallest absolute Gasteiger partial charge is 0.463 e. The summed E-state index contributed by atoms with van der Waals surface area (Å²) >= 11 is 12.6. The van der Waals surface area contributed by atoms with Crippen molar-refractivity contribution in [1.82, 2.24) is 19.8 Å². The van der Waals surface area contributed by atoms with Crippen LogP contribution < -0.4 is 0 Å². The fourth-order valence-corrected chi connectivity index (χ4v) is 10.2. The Labute approximate surface area is 423 Å². The highest BCUT2D eigenvalue weighted by atomic mass is 35.5. The summed E-state index contributed by atoms with van der Waals surface area (Å²) < 4.78 is 83.2. The molecule has 0 bridgehead atoms. The number of esters is 1. The van der Waals surface area contributed by atoms with Crippen LogP contribution in [-0.4, -0.2) is 97.8 Å². The van der Waals surface area contributed by atoms with Crippen LogP contribution in [0.5, 0.6) is 0 Å². The molecule has 0 radical (unpaired) electrons. The quantitative estimate of drug-likeness (QED) is 0.0517. The van der Waals surface area contributed by atoms with E-state index in [1.54, 1.807) is 60.2 Å². The van der Waals surface area contributed by atoms with Gasteiger partial charge in [-0.15, -0.1) is 0 Å². The number of amides is 2. The molecule has 0 spiro atoms. The molecule has 2 aromatic heterocycles. The largest absolute Gasteiger partial charge is 0.534 e. The lowest BCUT2D eigenvalue weighted by Gasteiger charge is -2.36. The highest BCUT2D eigenvalue weighted by molar-refractivity contribution is 7.87. The van der Waals surface area contributed by atoms with Crippen molar-refractivity contribution in [2.45, 2.75) is 78.7 Å². The van der Waals surface area contributed by atoms with Crippen molar-refractivity contribution in [3.05, 3.63) is 140 Å². The maximum atomic E-state index is 13.1. The fraction of sp³-hybridized carbons (Fsp3) is 0.404. The summed E-state index contributed by atoms with van der Waals surface area (Å²) in [6.07, 6.45) is 12.1. The molecule has 2 fully saturated rings. The second-order valence-electron chi connectivity index (χ2n) is 16.6. The van der Waals surface area contributed by atoms with Crippen LogP contribution >= 0.6 is 23.2 Å². The third kappa shape index (κ3) is 13.0. The number of carbonyl (C=O) groups excluding carboxylic acids is 3. The number of hydrogen-bond donors (Lipinski definition) is 0. The van der Waals surface area contributed by atoms with Gasteiger partial charge in [0.2, 0.25) is 0 Å². The molecule has 8 rings (SSSR count). The summed E-state index contributed by atoms with van der Waals surface area (Å²) in [5.74, 6) is -0.973. The van der Waals surface area contributed by atoms with E-state index in [1.165, 1.54) is 18.2 Å². The molecule has 2 amide bonds. The number of benzene rings is 2. The number of allylic oxidation sites excluding steroid dienone is 2. The van der Waals surface area contributed by atoms with Gasteiger partial charge in [0.05, 0.1) is 31.2 Å². The first-order valence-electron chi connectivity index (χ1n) is 22.6. The number of aromatic nitrogens is 2. The molecule has 19 heteroatoms. The SMILES string of the molecule is C.C.CCOC(=O)/C=C/C1=Cc2cccnc2C(C2CCN(C(=O)OCC)CC2)c2ccc(Cl)cc21.CCOC(=O)N1CCC(C2c3ccc(Cl)cc3C(OS(=O)(=O)C(F)(F)F)=Cc3cccnc32)CC1. The number of ether oxygens (including phenoxy) is 3. The van der Waals surface area contributed by atoms with Crippen LogP contribution in [0.25, 0.3) is 23.5 Å². The highest BCUT2D eigenvalue weighted by Gasteiger charge is 2.49. The summed E-state index contributed by atoms with van der Waals surface area (Å²) in [4.78, 5) is 49.1. The van der Waals surface area contributed by atoms with Crippen LogP contribution in [0.3, 0.4) is 0 Å². The molecule has 4 aromatic rings. The molecule has 2 atom stereocenters. The first-order chi connectivity index (χ1) is 33.0. The minimum absolute atomic E-state index is 0. The summed E-state index contributed by atoms with van der Waals surface area (Å²) in [7, 11) is -5.93. The van der Waals surface area contributed by atoms with Gasteiger partial charge in [-0.25, -0.2) is 14.4 Å². The molecule has 2 aliphatic carbocycles. The summed E-state index contributed by atoms with van der Waals surface area (Å²) in [6.45, 7) is 8.46. The van der Waals surface area contributed by atoms with E-state index >= 15 is 0 Å². The number of likely N-dealkylation sites (tertiary alicyclic amines) is 2. The maximum absolute atomic E-state index is 13.1. The lowest BCUT2D eigenvalue weighted by molar-refractivity contribution is -0.137. The van der Waals surface area contributed by atoms with Gasteiger partial charge in [0.25, 0.3) is 0 Å². The molecule has 2 unspecified atom stereocenters. The first-order valence-corrected chi connectivity index (χ1v) is 24.8.